The summed E-state index contributed by atoms with van der Waals surface area (Å²) in [6.45, 7) is 3.57. The molecule has 1 aliphatic heterocycles. The lowest BCUT2D eigenvalue weighted by Gasteiger charge is -2.40. The molecule has 1 rings (SSSR count). The van der Waals surface area contributed by atoms with Gasteiger partial charge in [-0.25, -0.2) is 0 Å². The van der Waals surface area contributed by atoms with E-state index in [1.165, 1.54) is 32.1 Å². The highest BCUT2D eigenvalue weighted by atomic mass is 32.2. The summed E-state index contributed by atoms with van der Waals surface area (Å²) in [6, 6.07) is 0. The van der Waals surface area contributed by atoms with Gasteiger partial charge in [0.05, 0.1) is 6.61 Å². The first-order chi connectivity index (χ1) is 20.0. The van der Waals surface area contributed by atoms with Crippen molar-refractivity contribution < 1.29 is 56.8 Å². The Labute approximate surface area is 251 Å². The number of ether oxygens (including phenoxy) is 4. The minimum absolute atomic E-state index is 0.168. The van der Waals surface area contributed by atoms with Crippen LogP contribution >= 0.6 is 0 Å². The first-order valence-corrected chi connectivity index (χ1v) is 17.2. The van der Waals surface area contributed by atoms with Gasteiger partial charge in [-0.05, 0) is 12.8 Å². The summed E-state index contributed by atoms with van der Waals surface area (Å²) >= 11 is 0. The summed E-state index contributed by atoms with van der Waals surface area (Å²) in [5, 5.41) is 30.4. The van der Waals surface area contributed by atoms with Crippen molar-refractivity contribution in [1.82, 2.24) is 0 Å². The Morgan fingerprint density at radius 2 is 1.21 bits per heavy atom. The fourth-order valence-electron chi connectivity index (χ4n) is 4.67. The van der Waals surface area contributed by atoms with E-state index in [1.807, 2.05) is 0 Å². The number of aliphatic hydroxyl groups excluding tert-OH is 3. The zero-order valence-electron chi connectivity index (χ0n) is 25.4. The third-order valence-electron chi connectivity index (χ3n) is 7.19. The lowest BCUT2D eigenvalue weighted by molar-refractivity contribution is -0.297. The van der Waals surface area contributed by atoms with E-state index in [4.69, 9.17) is 23.5 Å². The molecule has 1 fully saturated rings. The molecule has 0 unspecified atom stereocenters. The highest BCUT2D eigenvalue weighted by molar-refractivity contribution is 7.85. The number of carbonyl (C=O) groups excluding carboxylic acids is 2. The van der Waals surface area contributed by atoms with Crippen LogP contribution in [0.4, 0.5) is 0 Å². The van der Waals surface area contributed by atoms with Crippen molar-refractivity contribution in [1.29, 1.82) is 0 Å². The van der Waals surface area contributed by atoms with Crippen molar-refractivity contribution >= 4 is 22.1 Å². The second-order valence-corrected chi connectivity index (χ2v) is 12.6. The zero-order valence-corrected chi connectivity index (χ0v) is 26.2. The van der Waals surface area contributed by atoms with Crippen LogP contribution in [0.3, 0.4) is 0 Å². The minimum atomic E-state index is -4.58. The lowest BCUT2D eigenvalue weighted by atomic mass is 10.00. The summed E-state index contributed by atoms with van der Waals surface area (Å²) < 4.78 is 53.2. The van der Waals surface area contributed by atoms with Crippen LogP contribution in [0.25, 0.3) is 0 Å². The maximum Gasteiger partial charge on any atom is 0.306 e. The van der Waals surface area contributed by atoms with E-state index in [2.05, 4.69) is 13.8 Å². The van der Waals surface area contributed by atoms with Gasteiger partial charge in [-0.3, -0.25) is 14.1 Å². The molecule has 0 radical (unpaired) electrons. The molecule has 248 valence electrons. The van der Waals surface area contributed by atoms with E-state index in [-0.39, 0.29) is 19.4 Å². The van der Waals surface area contributed by atoms with E-state index in [1.54, 1.807) is 0 Å². The fourth-order valence-corrected chi connectivity index (χ4v) is 5.36. The third kappa shape index (κ3) is 17.7. The van der Waals surface area contributed by atoms with Crippen LogP contribution in [0.15, 0.2) is 0 Å². The van der Waals surface area contributed by atoms with E-state index in [0.29, 0.717) is 12.8 Å². The van der Waals surface area contributed by atoms with Gasteiger partial charge in [0.15, 0.2) is 12.4 Å². The van der Waals surface area contributed by atoms with Crippen molar-refractivity contribution in [3.63, 3.8) is 0 Å². The predicted molar refractivity (Wildman–Crippen MR) is 155 cm³/mol. The minimum Gasteiger partial charge on any atom is -0.462 e. The molecule has 0 spiro atoms. The van der Waals surface area contributed by atoms with Crippen molar-refractivity contribution in [3.05, 3.63) is 0 Å². The normalized spacial score (nSPS) is 23.4. The molecule has 1 heterocycles. The average Bonchev–Trinajstić information content (AvgIpc) is 2.93. The van der Waals surface area contributed by atoms with Gasteiger partial charge in [-0.1, -0.05) is 90.9 Å². The molecule has 6 atom stereocenters. The van der Waals surface area contributed by atoms with Gasteiger partial charge in [-0.15, -0.1) is 0 Å². The molecule has 0 aliphatic carbocycles. The van der Waals surface area contributed by atoms with E-state index in [0.717, 1.165) is 44.9 Å². The van der Waals surface area contributed by atoms with E-state index in [9.17, 15) is 33.3 Å². The number of unbranched alkanes of at least 4 members (excludes halogenated alkanes) is 12. The van der Waals surface area contributed by atoms with Crippen LogP contribution in [0.2, 0.25) is 0 Å². The fraction of sp³-hybridized carbons (Fsp3) is 0.931. The molecule has 12 nitrogen and oxygen atoms in total. The predicted octanol–water partition coefficient (Wildman–Crippen LogP) is 3.43. The Kier molecular flexibility index (Phi) is 20.4. The van der Waals surface area contributed by atoms with Crippen LogP contribution in [-0.4, -0.2) is 96.0 Å². The molecule has 1 saturated heterocycles. The highest BCUT2D eigenvalue weighted by Crippen LogP contribution is 2.23. The molecule has 0 aromatic rings. The molecule has 0 saturated carbocycles. The topological polar surface area (TPSA) is 186 Å². The molecular weight excluding hydrogens is 572 g/mol. The SMILES string of the molecule is CCCCCCCCCCCC(=O)O[C@H](COC(=O)CCCCCCC)CO[C@@H]1O[C@H](CS(=O)(=O)O)[C@@H](O)[C@H](O)[C@H]1O. The largest absolute Gasteiger partial charge is 0.462 e. The van der Waals surface area contributed by atoms with Gasteiger partial charge in [0, 0.05) is 12.8 Å². The lowest BCUT2D eigenvalue weighted by Crippen LogP contribution is -2.60. The number of rotatable bonds is 24. The van der Waals surface area contributed by atoms with Crippen molar-refractivity contribution in [2.75, 3.05) is 19.0 Å². The average molecular weight is 627 g/mol. The molecular formula is C29H54O12S. The molecule has 0 bridgehead atoms. The Balaban J connectivity index is 2.63. The quantitative estimate of drug-likeness (QED) is 0.0696. The Bertz CT molecular complexity index is 836. The first-order valence-electron chi connectivity index (χ1n) is 15.6. The van der Waals surface area contributed by atoms with Crippen molar-refractivity contribution in [3.8, 4) is 0 Å². The summed E-state index contributed by atoms with van der Waals surface area (Å²) in [6.07, 6.45) is 5.32. The summed E-state index contributed by atoms with van der Waals surface area (Å²) in [5.41, 5.74) is 0. The molecule has 4 N–H and O–H groups in total. The summed E-state index contributed by atoms with van der Waals surface area (Å²) in [5.74, 6) is -2.00. The Morgan fingerprint density at radius 1 is 0.714 bits per heavy atom. The van der Waals surface area contributed by atoms with Crippen molar-refractivity contribution in [2.45, 2.75) is 153 Å². The van der Waals surface area contributed by atoms with Crippen LogP contribution in [0.1, 0.15) is 117 Å². The zero-order chi connectivity index (χ0) is 31.4. The number of esters is 2. The monoisotopic (exact) mass is 626 g/mol. The van der Waals surface area contributed by atoms with Crippen LogP contribution in [0.5, 0.6) is 0 Å². The second-order valence-electron chi connectivity index (χ2n) is 11.1. The number of carbonyl (C=O) groups is 2. The maximum atomic E-state index is 12.5. The molecule has 0 aromatic heterocycles. The van der Waals surface area contributed by atoms with Gasteiger partial charge in [-0.2, -0.15) is 8.42 Å². The summed E-state index contributed by atoms with van der Waals surface area (Å²) in [7, 11) is -4.58. The van der Waals surface area contributed by atoms with Crippen LogP contribution < -0.4 is 0 Å². The first kappa shape index (κ1) is 38.7. The van der Waals surface area contributed by atoms with Crippen LogP contribution in [-0.2, 0) is 38.7 Å². The highest BCUT2D eigenvalue weighted by Gasteiger charge is 2.46. The summed E-state index contributed by atoms with van der Waals surface area (Å²) in [4.78, 5) is 24.8. The smallest absolute Gasteiger partial charge is 0.306 e. The number of aliphatic hydroxyl groups is 3. The second kappa shape index (κ2) is 22.2. The van der Waals surface area contributed by atoms with Gasteiger partial charge in [0.25, 0.3) is 10.1 Å². The standard InChI is InChI=1S/C29H54O12S/c1-3-5-7-9-10-11-12-14-16-18-25(31)40-22(19-38-24(30)17-15-13-8-6-4-2)20-39-29-28(34)27(33)26(32)23(41-29)21-42(35,36)37/h22-23,26-29,32-34H,3-21H2,1-2H3,(H,35,36,37)/t22-,23-,26-,27+,28-,29-/m1/s1. The molecule has 1 aliphatic rings. The molecule has 0 aromatic carbocycles. The third-order valence-corrected chi connectivity index (χ3v) is 7.94. The number of hydrogen-bond donors (Lipinski definition) is 4. The van der Waals surface area contributed by atoms with Crippen LogP contribution in [0, 0.1) is 0 Å². The maximum absolute atomic E-state index is 12.5. The van der Waals surface area contributed by atoms with E-state index < -0.39 is 71.2 Å². The van der Waals surface area contributed by atoms with Gasteiger partial charge < -0.3 is 34.3 Å². The molecule has 42 heavy (non-hydrogen) atoms. The number of hydrogen-bond acceptors (Lipinski definition) is 11. The van der Waals surface area contributed by atoms with Crippen molar-refractivity contribution in [2.24, 2.45) is 0 Å². The Hall–Kier alpha value is -1.35. The van der Waals surface area contributed by atoms with Gasteiger partial charge in [0.2, 0.25) is 0 Å². The molecule has 0 amide bonds. The van der Waals surface area contributed by atoms with Gasteiger partial charge >= 0.3 is 11.9 Å². The van der Waals surface area contributed by atoms with E-state index >= 15 is 0 Å². The Morgan fingerprint density at radius 3 is 1.74 bits per heavy atom. The van der Waals surface area contributed by atoms with Gasteiger partial charge in [0.1, 0.15) is 36.8 Å². The molecule has 13 heteroatoms.